The van der Waals surface area contributed by atoms with E-state index in [4.69, 9.17) is 28.3 Å². The van der Waals surface area contributed by atoms with Crippen LogP contribution < -0.4 is 16.0 Å². The van der Waals surface area contributed by atoms with Crippen molar-refractivity contribution >= 4 is 35.0 Å². The summed E-state index contributed by atoms with van der Waals surface area (Å²) in [5, 5.41) is 20.0. The molecule has 1 aliphatic heterocycles. The number of benzene rings is 1. The zero-order valence-electron chi connectivity index (χ0n) is 16.4. The van der Waals surface area contributed by atoms with Crippen molar-refractivity contribution < 1.29 is 5.11 Å². The molecule has 0 unspecified atom stereocenters. The van der Waals surface area contributed by atoms with Gasteiger partial charge in [0.25, 0.3) is 0 Å². The Morgan fingerprint density at radius 2 is 1.86 bits per heavy atom. The van der Waals surface area contributed by atoms with E-state index in [1.807, 2.05) is 24.3 Å². The molecule has 1 saturated heterocycles. The zero-order valence-corrected chi connectivity index (χ0v) is 17.9. The maximum absolute atomic E-state index is 8.85. The number of anilines is 2. The molecule has 0 atom stereocenters. The first-order valence-electron chi connectivity index (χ1n) is 9.95. The standard InChI is InChI=1S/C20H28Cl2N6O/c21-17-2-1-15(13-18(17)22)14-28-10-4-16(5-11-28)23-7-8-24-19-3-6-25-20(27-19)26-9-12-29/h1-3,6,13,16,23,29H,4-5,7-12,14H2,(H2,24,25,26,27). The van der Waals surface area contributed by atoms with Gasteiger partial charge in [-0.3, -0.25) is 4.90 Å². The number of nitrogens with zero attached hydrogens (tertiary/aromatic N) is 3. The van der Waals surface area contributed by atoms with Crippen molar-refractivity contribution in [1.82, 2.24) is 20.2 Å². The van der Waals surface area contributed by atoms with Gasteiger partial charge >= 0.3 is 0 Å². The molecule has 0 radical (unpaired) electrons. The lowest BCUT2D eigenvalue weighted by atomic mass is 10.0. The third kappa shape index (κ3) is 7.28. The summed E-state index contributed by atoms with van der Waals surface area (Å²) < 4.78 is 0. The minimum atomic E-state index is 0.0528. The molecule has 158 valence electrons. The second-order valence-corrected chi connectivity index (χ2v) is 7.91. The van der Waals surface area contributed by atoms with Crippen LogP contribution >= 0.6 is 23.2 Å². The number of hydrogen-bond acceptors (Lipinski definition) is 7. The van der Waals surface area contributed by atoms with Gasteiger partial charge in [-0.25, -0.2) is 4.98 Å². The number of rotatable bonds is 10. The topological polar surface area (TPSA) is 85.3 Å². The Bertz CT molecular complexity index is 770. The molecule has 29 heavy (non-hydrogen) atoms. The highest BCUT2D eigenvalue weighted by molar-refractivity contribution is 6.42. The van der Waals surface area contributed by atoms with Crippen LogP contribution in [0.15, 0.2) is 30.5 Å². The molecule has 9 heteroatoms. The molecule has 0 bridgehead atoms. The minimum Gasteiger partial charge on any atom is -0.395 e. The highest BCUT2D eigenvalue weighted by Crippen LogP contribution is 2.24. The molecule has 2 heterocycles. The van der Waals surface area contributed by atoms with Crippen LogP contribution in [-0.4, -0.2) is 65.3 Å². The highest BCUT2D eigenvalue weighted by Gasteiger charge is 2.18. The second kappa shape index (κ2) is 11.5. The van der Waals surface area contributed by atoms with Gasteiger partial charge in [0.2, 0.25) is 5.95 Å². The Morgan fingerprint density at radius 3 is 2.62 bits per heavy atom. The maximum atomic E-state index is 8.85. The van der Waals surface area contributed by atoms with Crippen molar-refractivity contribution in [2.24, 2.45) is 0 Å². The van der Waals surface area contributed by atoms with Crippen LogP contribution in [0, 0.1) is 0 Å². The smallest absolute Gasteiger partial charge is 0.224 e. The molecular formula is C20H28Cl2N6O. The predicted molar refractivity (Wildman–Crippen MR) is 119 cm³/mol. The number of nitrogens with one attached hydrogen (secondary N) is 3. The van der Waals surface area contributed by atoms with Gasteiger partial charge in [0.1, 0.15) is 5.82 Å². The monoisotopic (exact) mass is 438 g/mol. The Kier molecular flexibility index (Phi) is 8.76. The van der Waals surface area contributed by atoms with Crippen LogP contribution in [0.25, 0.3) is 0 Å². The maximum Gasteiger partial charge on any atom is 0.224 e. The number of hydrogen-bond donors (Lipinski definition) is 4. The summed E-state index contributed by atoms with van der Waals surface area (Å²) in [6.45, 7) is 5.20. The minimum absolute atomic E-state index is 0.0528. The van der Waals surface area contributed by atoms with E-state index in [-0.39, 0.29) is 6.61 Å². The van der Waals surface area contributed by atoms with E-state index >= 15 is 0 Å². The SMILES string of the molecule is OCCNc1nccc(NCCNC2CCN(Cc3ccc(Cl)c(Cl)c3)CC2)n1. The van der Waals surface area contributed by atoms with E-state index in [0.717, 1.165) is 51.4 Å². The zero-order chi connectivity index (χ0) is 20.5. The van der Waals surface area contributed by atoms with Crippen molar-refractivity contribution in [3.63, 3.8) is 0 Å². The van der Waals surface area contributed by atoms with E-state index < -0.39 is 0 Å². The molecule has 2 aromatic rings. The first-order valence-corrected chi connectivity index (χ1v) is 10.7. The number of likely N-dealkylation sites (tertiary alicyclic amines) is 1. The number of halogens is 2. The van der Waals surface area contributed by atoms with Gasteiger partial charge in [0, 0.05) is 38.4 Å². The van der Waals surface area contributed by atoms with E-state index in [1.54, 1.807) is 6.20 Å². The second-order valence-electron chi connectivity index (χ2n) is 7.10. The van der Waals surface area contributed by atoms with Crippen LogP contribution in [0.5, 0.6) is 0 Å². The van der Waals surface area contributed by atoms with E-state index in [1.165, 1.54) is 5.56 Å². The van der Waals surface area contributed by atoms with Crippen LogP contribution in [0.2, 0.25) is 10.0 Å². The molecule has 1 aromatic heterocycles. The third-order valence-electron chi connectivity index (χ3n) is 4.89. The van der Waals surface area contributed by atoms with E-state index in [2.05, 4.69) is 30.8 Å². The van der Waals surface area contributed by atoms with Gasteiger partial charge in [-0.15, -0.1) is 0 Å². The quantitative estimate of drug-likeness (QED) is 0.424. The van der Waals surface area contributed by atoms with Gasteiger partial charge in [-0.05, 0) is 49.7 Å². The van der Waals surface area contributed by atoms with Gasteiger partial charge in [-0.1, -0.05) is 29.3 Å². The number of piperidine rings is 1. The normalized spacial score (nSPS) is 15.4. The van der Waals surface area contributed by atoms with E-state index in [0.29, 0.717) is 28.6 Å². The summed E-state index contributed by atoms with van der Waals surface area (Å²) in [7, 11) is 0. The van der Waals surface area contributed by atoms with Crippen LogP contribution in [0.4, 0.5) is 11.8 Å². The molecule has 0 saturated carbocycles. The average molecular weight is 439 g/mol. The molecule has 4 N–H and O–H groups in total. The Morgan fingerprint density at radius 1 is 1.03 bits per heavy atom. The molecule has 3 rings (SSSR count). The van der Waals surface area contributed by atoms with Crippen molar-refractivity contribution in [3.05, 3.63) is 46.1 Å². The highest BCUT2D eigenvalue weighted by atomic mass is 35.5. The Hall–Kier alpha value is -1.64. The molecule has 0 spiro atoms. The van der Waals surface area contributed by atoms with E-state index in [9.17, 15) is 0 Å². The Balaban J connectivity index is 1.32. The lowest BCUT2D eigenvalue weighted by Crippen LogP contribution is -2.43. The Labute approximate surface area is 181 Å². The van der Waals surface area contributed by atoms with Gasteiger partial charge in [0.15, 0.2) is 0 Å². The van der Waals surface area contributed by atoms with Gasteiger partial charge < -0.3 is 21.1 Å². The predicted octanol–water partition coefficient (Wildman–Crippen LogP) is 2.85. The summed E-state index contributed by atoms with van der Waals surface area (Å²) in [4.78, 5) is 10.9. The molecule has 1 fully saturated rings. The van der Waals surface area contributed by atoms with Crippen molar-refractivity contribution in [1.29, 1.82) is 0 Å². The van der Waals surface area contributed by atoms with Gasteiger partial charge in [0.05, 0.1) is 16.7 Å². The van der Waals surface area contributed by atoms with Crippen LogP contribution in [-0.2, 0) is 6.54 Å². The average Bonchev–Trinajstić information content (AvgIpc) is 2.74. The molecule has 1 aromatic carbocycles. The number of aliphatic hydroxyl groups excluding tert-OH is 1. The first kappa shape index (κ1) is 22.1. The number of aliphatic hydroxyl groups is 1. The summed E-state index contributed by atoms with van der Waals surface area (Å²) >= 11 is 12.1. The lowest BCUT2D eigenvalue weighted by molar-refractivity contribution is 0.191. The van der Waals surface area contributed by atoms with Crippen molar-refractivity contribution in [2.75, 3.05) is 50.0 Å². The molecule has 0 aliphatic carbocycles. The summed E-state index contributed by atoms with van der Waals surface area (Å²) in [6, 6.07) is 8.24. The third-order valence-corrected chi connectivity index (χ3v) is 5.63. The summed E-state index contributed by atoms with van der Waals surface area (Å²) in [5.41, 5.74) is 1.20. The fourth-order valence-corrected chi connectivity index (χ4v) is 3.69. The fourth-order valence-electron chi connectivity index (χ4n) is 3.37. The van der Waals surface area contributed by atoms with Crippen LogP contribution in [0.3, 0.4) is 0 Å². The largest absolute Gasteiger partial charge is 0.395 e. The molecule has 0 amide bonds. The van der Waals surface area contributed by atoms with Crippen LogP contribution in [0.1, 0.15) is 18.4 Å². The molecular weight excluding hydrogens is 411 g/mol. The fraction of sp³-hybridized carbons (Fsp3) is 0.500. The van der Waals surface area contributed by atoms with Gasteiger partial charge in [-0.2, -0.15) is 4.98 Å². The van der Waals surface area contributed by atoms with Crippen molar-refractivity contribution in [3.8, 4) is 0 Å². The summed E-state index contributed by atoms with van der Waals surface area (Å²) in [5.74, 6) is 1.30. The molecule has 1 aliphatic rings. The molecule has 7 nitrogen and oxygen atoms in total. The first-order chi connectivity index (χ1) is 14.1. The number of aromatic nitrogens is 2. The summed E-state index contributed by atoms with van der Waals surface area (Å²) in [6.07, 6.45) is 3.96. The van der Waals surface area contributed by atoms with Crippen molar-refractivity contribution in [2.45, 2.75) is 25.4 Å². The lowest BCUT2D eigenvalue weighted by Gasteiger charge is -2.32.